The molecule has 0 fully saturated rings. The van der Waals surface area contributed by atoms with Crippen LogP contribution in [-0.4, -0.2) is 50.4 Å². The Morgan fingerprint density at radius 3 is 2.50 bits per heavy atom. The van der Waals surface area contributed by atoms with Crippen LogP contribution in [0.1, 0.15) is 46.9 Å². The van der Waals surface area contributed by atoms with Gasteiger partial charge in [0.05, 0.1) is 24.8 Å². The highest BCUT2D eigenvalue weighted by molar-refractivity contribution is 6.03. The fourth-order valence-corrected chi connectivity index (χ4v) is 4.81. The van der Waals surface area contributed by atoms with E-state index in [1.54, 1.807) is 22.0 Å². The number of pyridine rings is 1. The quantitative estimate of drug-likeness (QED) is 0.373. The molecular formula is C30H29N5O3. The highest BCUT2D eigenvalue weighted by Gasteiger charge is 2.32. The van der Waals surface area contributed by atoms with Gasteiger partial charge in [0.1, 0.15) is 23.7 Å². The molecule has 8 nitrogen and oxygen atoms in total. The van der Waals surface area contributed by atoms with Gasteiger partial charge in [0, 0.05) is 36.6 Å². The van der Waals surface area contributed by atoms with Crippen molar-refractivity contribution in [3.63, 3.8) is 0 Å². The van der Waals surface area contributed by atoms with Crippen molar-refractivity contribution in [2.45, 2.75) is 32.9 Å². The van der Waals surface area contributed by atoms with Crippen LogP contribution in [0.4, 0.5) is 0 Å². The summed E-state index contributed by atoms with van der Waals surface area (Å²) in [6.07, 6.45) is 3.42. The third-order valence-electron chi connectivity index (χ3n) is 6.76. The topological polar surface area (TPSA) is 104 Å². The predicted octanol–water partition coefficient (Wildman–Crippen LogP) is 4.63. The summed E-state index contributed by atoms with van der Waals surface area (Å²) in [5, 5.41) is 23.7. The maximum Gasteiger partial charge on any atom is 0.272 e. The van der Waals surface area contributed by atoms with Crippen molar-refractivity contribution in [2.75, 3.05) is 19.7 Å². The molecule has 0 aliphatic carbocycles. The second kappa shape index (κ2) is 10.9. The van der Waals surface area contributed by atoms with Crippen LogP contribution in [0, 0.1) is 11.3 Å². The minimum atomic E-state index is -0.147. The molecule has 0 saturated carbocycles. The Morgan fingerprint density at radius 2 is 1.82 bits per heavy atom. The van der Waals surface area contributed by atoms with Gasteiger partial charge in [0.15, 0.2) is 0 Å². The number of carbonyl (C=O) groups excluding carboxylic acids is 1. The number of carbonyl (C=O) groups is 1. The van der Waals surface area contributed by atoms with Crippen molar-refractivity contribution in [2.24, 2.45) is 0 Å². The first-order valence-electron chi connectivity index (χ1n) is 12.7. The summed E-state index contributed by atoms with van der Waals surface area (Å²) >= 11 is 0. The van der Waals surface area contributed by atoms with E-state index in [2.05, 4.69) is 24.9 Å². The number of aliphatic hydroxyl groups excluding tert-OH is 1. The molecule has 38 heavy (non-hydrogen) atoms. The van der Waals surface area contributed by atoms with Gasteiger partial charge in [-0.05, 0) is 52.9 Å². The largest absolute Gasteiger partial charge is 0.489 e. The van der Waals surface area contributed by atoms with Crippen LogP contribution >= 0.6 is 0 Å². The minimum Gasteiger partial charge on any atom is -0.489 e. The third kappa shape index (κ3) is 4.89. The molecule has 1 N–H and O–H groups in total. The number of aromatic nitrogens is 3. The number of fused-ring (bicyclic) bond motifs is 1. The number of ether oxygens (including phenoxy) is 1. The lowest BCUT2D eigenvalue weighted by Gasteiger charge is -2.27. The summed E-state index contributed by atoms with van der Waals surface area (Å²) in [4.78, 5) is 19.2. The maximum absolute atomic E-state index is 13.4. The van der Waals surface area contributed by atoms with E-state index in [4.69, 9.17) is 9.84 Å². The molecule has 0 radical (unpaired) electrons. The van der Waals surface area contributed by atoms with Gasteiger partial charge >= 0.3 is 0 Å². The number of β-amino-alcohol motifs (C(OH)–C–C–N with tert-alkyl or cyclic N) is 1. The molecule has 0 saturated heterocycles. The first-order valence-corrected chi connectivity index (χ1v) is 12.7. The first kappa shape index (κ1) is 25.2. The van der Waals surface area contributed by atoms with Crippen LogP contribution in [0.5, 0.6) is 5.75 Å². The Hall–Kier alpha value is -4.48. The van der Waals surface area contributed by atoms with E-state index in [1.165, 1.54) is 0 Å². The van der Waals surface area contributed by atoms with Crippen LogP contribution in [0.3, 0.4) is 0 Å². The van der Waals surface area contributed by atoms with Crippen molar-refractivity contribution in [3.8, 4) is 34.2 Å². The molecule has 1 amide bonds. The molecule has 2 aromatic carbocycles. The Bertz CT molecular complexity index is 1490. The molecule has 8 heteroatoms. The molecule has 0 atom stereocenters. The fourth-order valence-electron chi connectivity index (χ4n) is 4.81. The zero-order chi connectivity index (χ0) is 26.6. The standard InChI is InChI=1S/C30H29N5O3/c1-20(2)26-8-3-21(17-24(26)18-31)19-38-25-6-4-22(5-7-25)27-28(23-9-11-32-12-10-23)33-35-14-13-34(15-16-36)30(37)29(27)35/h3-12,17,20,36H,13-16,19H2,1-2H3. The van der Waals surface area contributed by atoms with Gasteiger partial charge in [-0.1, -0.05) is 38.1 Å². The monoisotopic (exact) mass is 507 g/mol. The van der Waals surface area contributed by atoms with E-state index < -0.39 is 0 Å². The van der Waals surface area contributed by atoms with Crippen LogP contribution in [0.2, 0.25) is 0 Å². The lowest BCUT2D eigenvalue weighted by atomic mass is 9.96. The average Bonchev–Trinajstić information content (AvgIpc) is 3.34. The van der Waals surface area contributed by atoms with Crippen molar-refractivity contribution in [3.05, 3.63) is 89.4 Å². The van der Waals surface area contributed by atoms with Gasteiger partial charge in [-0.3, -0.25) is 14.5 Å². The third-order valence-corrected chi connectivity index (χ3v) is 6.76. The number of amides is 1. The highest BCUT2D eigenvalue weighted by atomic mass is 16.5. The number of nitriles is 1. The first-order chi connectivity index (χ1) is 18.5. The summed E-state index contributed by atoms with van der Waals surface area (Å²) in [7, 11) is 0. The molecule has 5 rings (SSSR count). The Morgan fingerprint density at radius 1 is 1.05 bits per heavy atom. The van der Waals surface area contributed by atoms with E-state index >= 15 is 0 Å². The summed E-state index contributed by atoms with van der Waals surface area (Å²) in [6, 6.07) is 19.5. The Balaban J connectivity index is 1.44. The fraction of sp³-hybridized carbons (Fsp3) is 0.267. The van der Waals surface area contributed by atoms with E-state index in [0.29, 0.717) is 42.4 Å². The lowest BCUT2D eigenvalue weighted by molar-refractivity contribution is 0.0662. The summed E-state index contributed by atoms with van der Waals surface area (Å²) < 4.78 is 7.78. The average molecular weight is 508 g/mol. The second-order valence-corrected chi connectivity index (χ2v) is 9.55. The molecule has 4 aromatic rings. The smallest absolute Gasteiger partial charge is 0.272 e. The molecule has 2 aromatic heterocycles. The van der Waals surface area contributed by atoms with Gasteiger partial charge in [-0.15, -0.1) is 0 Å². The highest BCUT2D eigenvalue weighted by Crippen LogP contribution is 2.37. The normalized spacial score (nSPS) is 12.9. The van der Waals surface area contributed by atoms with Crippen LogP contribution in [-0.2, 0) is 13.2 Å². The van der Waals surface area contributed by atoms with Crippen LogP contribution < -0.4 is 4.74 Å². The van der Waals surface area contributed by atoms with E-state index in [0.717, 1.165) is 27.8 Å². The van der Waals surface area contributed by atoms with Crippen molar-refractivity contribution in [1.29, 1.82) is 5.26 Å². The Labute approximate surface area is 221 Å². The van der Waals surface area contributed by atoms with Gasteiger partial charge < -0.3 is 14.7 Å². The lowest BCUT2D eigenvalue weighted by Crippen LogP contribution is -2.42. The van der Waals surface area contributed by atoms with Crippen molar-refractivity contribution in [1.82, 2.24) is 19.7 Å². The van der Waals surface area contributed by atoms with Gasteiger partial charge in [0.2, 0.25) is 0 Å². The van der Waals surface area contributed by atoms with Crippen LogP contribution in [0.15, 0.2) is 67.0 Å². The molecular weight excluding hydrogens is 478 g/mol. The molecule has 3 heterocycles. The number of nitrogens with zero attached hydrogens (tertiary/aromatic N) is 5. The molecule has 1 aliphatic heterocycles. The van der Waals surface area contributed by atoms with Crippen LogP contribution in [0.25, 0.3) is 22.4 Å². The summed E-state index contributed by atoms with van der Waals surface area (Å²) in [5.41, 5.74) is 6.32. The van der Waals surface area contributed by atoms with Gasteiger partial charge in [0.25, 0.3) is 5.91 Å². The van der Waals surface area contributed by atoms with E-state index in [1.807, 2.05) is 54.6 Å². The SMILES string of the molecule is CC(C)c1ccc(COc2ccc(-c3c(-c4ccncc4)nn4c3C(=O)N(CCO)CC4)cc2)cc1C#N. The number of rotatable bonds is 8. The maximum atomic E-state index is 13.4. The minimum absolute atomic E-state index is 0.0888. The molecule has 0 spiro atoms. The van der Waals surface area contributed by atoms with Crippen molar-refractivity contribution < 1.29 is 14.6 Å². The Kier molecular flexibility index (Phi) is 7.20. The zero-order valence-corrected chi connectivity index (χ0v) is 21.5. The van der Waals surface area contributed by atoms with E-state index in [9.17, 15) is 15.2 Å². The number of aliphatic hydroxyl groups is 1. The predicted molar refractivity (Wildman–Crippen MR) is 143 cm³/mol. The number of hydrogen-bond acceptors (Lipinski definition) is 6. The number of hydrogen-bond donors (Lipinski definition) is 1. The molecule has 192 valence electrons. The summed E-state index contributed by atoms with van der Waals surface area (Å²) in [6.45, 7) is 5.74. The zero-order valence-electron chi connectivity index (χ0n) is 21.5. The molecule has 0 bridgehead atoms. The molecule has 0 unspecified atom stereocenters. The van der Waals surface area contributed by atoms with E-state index in [-0.39, 0.29) is 25.0 Å². The number of benzene rings is 2. The summed E-state index contributed by atoms with van der Waals surface area (Å²) in [5.74, 6) is 0.813. The van der Waals surface area contributed by atoms with Gasteiger partial charge in [-0.2, -0.15) is 10.4 Å². The van der Waals surface area contributed by atoms with Crippen molar-refractivity contribution >= 4 is 5.91 Å². The molecule has 1 aliphatic rings. The van der Waals surface area contributed by atoms with Gasteiger partial charge in [-0.25, -0.2) is 0 Å². The second-order valence-electron chi connectivity index (χ2n) is 9.55.